The van der Waals surface area contributed by atoms with Gasteiger partial charge in [0, 0.05) is 62.8 Å². The second-order valence-electron chi connectivity index (χ2n) is 19.0. The fraction of sp³-hybridized carbons (Fsp3) is 0.756. The lowest BCUT2D eigenvalue weighted by atomic mass is 9.56. The number of rotatable bonds is 12. The van der Waals surface area contributed by atoms with Crippen LogP contribution in [-0.2, 0) is 25.5 Å². The number of nitrogens with zero attached hydrogens (tertiary/aromatic N) is 1. The Labute approximate surface area is 312 Å². The zero-order chi connectivity index (χ0) is 36.3. The zero-order valence-electron chi connectivity index (χ0n) is 32.5. The van der Waals surface area contributed by atoms with Gasteiger partial charge in [0.25, 0.3) is 0 Å². The van der Waals surface area contributed by atoms with Gasteiger partial charge in [-0.1, -0.05) is 70.0 Å². The molecule has 7 aliphatic rings. The van der Waals surface area contributed by atoms with Crippen molar-refractivity contribution < 1.29 is 19.1 Å². The molecule has 284 valence electrons. The van der Waals surface area contributed by atoms with Gasteiger partial charge in [0.15, 0.2) is 5.78 Å². The third-order valence-electron chi connectivity index (χ3n) is 16.5. The van der Waals surface area contributed by atoms with Crippen LogP contribution in [0.1, 0.15) is 123 Å². The monoisotopic (exact) mass is 711 g/mol. The molecule has 7 heteroatoms. The minimum atomic E-state index is -0.0542. The van der Waals surface area contributed by atoms with E-state index in [1.54, 1.807) is 0 Å². The van der Waals surface area contributed by atoms with Crippen LogP contribution >= 0.6 is 0 Å². The van der Waals surface area contributed by atoms with Crippen LogP contribution in [-0.4, -0.2) is 66.4 Å². The molecule has 2 saturated heterocycles. The summed E-state index contributed by atoms with van der Waals surface area (Å²) in [5, 5.41) is 6.28. The van der Waals surface area contributed by atoms with E-state index in [0.29, 0.717) is 55.0 Å². The van der Waals surface area contributed by atoms with Crippen LogP contribution in [0.25, 0.3) is 0 Å². The predicted octanol–water partition coefficient (Wildman–Crippen LogP) is 7.43. The van der Waals surface area contributed by atoms with Crippen molar-refractivity contribution in [2.75, 3.05) is 26.2 Å². The molecule has 11 atom stereocenters. The number of allylic oxidation sites excluding steroid dienone is 2. The first-order valence-electron chi connectivity index (χ1n) is 21.2. The highest BCUT2D eigenvalue weighted by molar-refractivity contribution is 5.91. The van der Waals surface area contributed by atoms with Crippen molar-refractivity contribution in [3.8, 4) is 0 Å². The van der Waals surface area contributed by atoms with E-state index < -0.39 is 0 Å². The van der Waals surface area contributed by atoms with Gasteiger partial charge >= 0.3 is 0 Å². The maximum absolute atomic E-state index is 12.8. The molecule has 8 rings (SSSR count). The molecule has 2 heterocycles. The lowest BCUT2D eigenvalue weighted by Crippen LogP contribution is -2.55. The van der Waals surface area contributed by atoms with Crippen molar-refractivity contribution in [1.29, 1.82) is 0 Å². The molecule has 52 heavy (non-hydrogen) atoms. The Morgan fingerprint density at radius 1 is 0.923 bits per heavy atom. The third-order valence-corrected chi connectivity index (χ3v) is 16.5. The van der Waals surface area contributed by atoms with Crippen LogP contribution in [0.2, 0.25) is 0 Å². The molecule has 4 saturated carbocycles. The van der Waals surface area contributed by atoms with Gasteiger partial charge in [-0.2, -0.15) is 0 Å². The average Bonchev–Trinajstić information content (AvgIpc) is 3.47. The average molecular weight is 712 g/mol. The Morgan fingerprint density at radius 2 is 1.71 bits per heavy atom. The van der Waals surface area contributed by atoms with Crippen molar-refractivity contribution in [3.05, 3.63) is 47.5 Å². The largest absolute Gasteiger partial charge is 0.369 e. The summed E-state index contributed by atoms with van der Waals surface area (Å²) in [7, 11) is 0. The topological polar surface area (TPSA) is 87.7 Å². The van der Waals surface area contributed by atoms with Crippen LogP contribution < -0.4 is 10.6 Å². The maximum atomic E-state index is 12.8. The van der Waals surface area contributed by atoms with Crippen molar-refractivity contribution in [2.24, 2.45) is 45.8 Å². The van der Waals surface area contributed by atoms with Crippen LogP contribution in [0.15, 0.2) is 42.0 Å². The summed E-state index contributed by atoms with van der Waals surface area (Å²) in [6.07, 6.45) is 17.4. The number of ether oxygens (including phenoxy) is 1. The van der Waals surface area contributed by atoms with E-state index in [0.717, 1.165) is 82.2 Å². The van der Waals surface area contributed by atoms with E-state index in [1.807, 2.05) is 18.2 Å². The van der Waals surface area contributed by atoms with Crippen LogP contribution in [0.4, 0.5) is 0 Å². The summed E-state index contributed by atoms with van der Waals surface area (Å²) >= 11 is 0. The van der Waals surface area contributed by atoms with Gasteiger partial charge in [-0.15, -0.1) is 0 Å². The van der Waals surface area contributed by atoms with E-state index in [1.165, 1.54) is 43.2 Å². The fourth-order valence-electron chi connectivity index (χ4n) is 13.9. The molecule has 2 aliphatic heterocycles. The van der Waals surface area contributed by atoms with Gasteiger partial charge in [0.2, 0.25) is 11.8 Å². The third kappa shape index (κ3) is 6.03. The molecule has 1 aromatic rings. The molecule has 6 fully saturated rings. The summed E-state index contributed by atoms with van der Waals surface area (Å²) in [6.45, 7) is 13.4. The van der Waals surface area contributed by atoms with E-state index in [2.05, 4.69) is 61.4 Å². The number of piperidine rings is 1. The molecule has 0 radical (unpaired) electrons. The molecule has 7 nitrogen and oxygen atoms in total. The smallest absolute Gasteiger partial charge is 0.220 e. The Kier molecular flexibility index (Phi) is 9.79. The molecule has 1 aromatic carbocycles. The Balaban J connectivity index is 0.816. The number of hydrogen-bond acceptors (Lipinski definition) is 5. The van der Waals surface area contributed by atoms with Crippen molar-refractivity contribution in [3.63, 3.8) is 0 Å². The van der Waals surface area contributed by atoms with Gasteiger partial charge < -0.3 is 15.4 Å². The van der Waals surface area contributed by atoms with Gasteiger partial charge in [0.1, 0.15) is 0 Å². The number of likely N-dealkylation sites (tertiary alicyclic amines) is 1. The van der Waals surface area contributed by atoms with Crippen LogP contribution in [0, 0.1) is 45.8 Å². The van der Waals surface area contributed by atoms with Gasteiger partial charge in [-0.25, -0.2) is 0 Å². The predicted molar refractivity (Wildman–Crippen MR) is 204 cm³/mol. The van der Waals surface area contributed by atoms with Crippen molar-refractivity contribution >= 4 is 17.6 Å². The highest BCUT2D eigenvalue weighted by Crippen LogP contribution is 2.87. The number of carbonyl (C=O) groups is 3. The molecule has 2 amide bonds. The number of unbranched alkanes of at least 4 members (excludes halogenated alkanes) is 2. The SMILES string of the molecule is C[C@H]1CC2O[C@]3(CCC4[C@@H]5CCC6=CC(=O)CC[C@]6(C)C5CC45CC53C)[C@H](C)[C@@H]2N(CCNC(=O)CCCCCNC(=O)CCc2ccccc2)C1. The van der Waals surface area contributed by atoms with E-state index in [-0.39, 0.29) is 34.3 Å². The second kappa shape index (κ2) is 14.0. The number of benzene rings is 1. The minimum Gasteiger partial charge on any atom is -0.369 e. The Morgan fingerprint density at radius 3 is 2.54 bits per heavy atom. The molecule has 2 spiro atoms. The number of nitrogens with one attached hydrogen (secondary N) is 2. The summed E-state index contributed by atoms with van der Waals surface area (Å²) in [6, 6.07) is 10.5. The highest BCUT2D eigenvalue weighted by Gasteiger charge is 2.84. The van der Waals surface area contributed by atoms with Gasteiger partial charge in [0.05, 0.1) is 11.7 Å². The van der Waals surface area contributed by atoms with E-state index >= 15 is 0 Å². The van der Waals surface area contributed by atoms with Gasteiger partial charge in [-0.05, 0) is 117 Å². The molecular formula is C45H65N3O4. The fourth-order valence-corrected chi connectivity index (χ4v) is 13.9. The number of fused-ring (bicyclic) bond motifs is 6. The summed E-state index contributed by atoms with van der Waals surface area (Å²) < 4.78 is 7.52. The summed E-state index contributed by atoms with van der Waals surface area (Å²) in [4.78, 5) is 40.1. The number of amides is 2. The Bertz CT molecular complexity index is 1560. The molecule has 5 unspecified atom stereocenters. The maximum Gasteiger partial charge on any atom is 0.220 e. The quantitative estimate of drug-likeness (QED) is 0.221. The molecule has 0 aromatic heterocycles. The molecule has 2 N–H and O–H groups in total. The Hall–Kier alpha value is -2.51. The first-order valence-corrected chi connectivity index (χ1v) is 21.2. The number of aryl methyl sites for hydroxylation is 1. The molecular weight excluding hydrogens is 647 g/mol. The van der Waals surface area contributed by atoms with Crippen molar-refractivity contribution in [2.45, 2.75) is 142 Å². The molecule has 5 aliphatic carbocycles. The second-order valence-corrected chi connectivity index (χ2v) is 19.0. The number of carbonyl (C=O) groups excluding carboxylic acids is 3. The van der Waals surface area contributed by atoms with Crippen LogP contribution in [0.5, 0.6) is 0 Å². The lowest BCUT2D eigenvalue weighted by molar-refractivity contribution is -0.148. The summed E-state index contributed by atoms with van der Waals surface area (Å²) in [5.74, 6) is 4.01. The first-order chi connectivity index (χ1) is 25.0. The number of hydrogen-bond donors (Lipinski definition) is 2. The summed E-state index contributed by atoms with van der Waals surface area (Å²) in [5.41, 5.74) is 3.46. The minimum absolute atomic E-state index is 0.0542. The normalized spacial score (nSPS) is 41.7. The standard InChI is InChI=1S/C45H65N3O4/c1-30-25-38-41(48(28-30)24-23-47-39(50)13-9-6-10-22-46-40(51)17-14-32-11-7-5-8-12-32)31(2)45(52-38)21-19-36-35-16-15-33-26-34(49)18-20-42(33,3)37(35)27-44(36)29-43(44,45)4/h5,7-8,11-12,26,30-31,35-38,41H,6,9-10,13-25,27-29H2,1-4H3,(H,46,51)(H,47,50)/t30-,31+,35-,36?,37?,38?,41-,42-,43?,44?,45+/m0/s1. The van der Waals surface area contributed by atoms with Crippen LogP contribution in [0.3, 0.4) is 0 Å². The first kappa shape index (κ1) is 36.5. The number of ketones is 1. The zero-order valence-corrected chi connectivity index (χ0v) is 32.5. The van der Waals surface area contributed by atoms with Crippen molar-refractivity contribution in [1.82, 2.24) is 15.5 Å². The molecule has 0 bridgehead atoms. The highest BCUT2D eigenvalue weighted by atomic mass is 16.5. The van der Waals surface area contributed by atoms with Gasteiger partial charge in [-0.3, -0.25) is 19.3 Å². The van der Waals surface area contributed by atoms with E-state index in [4.69, 9.17) is 4.74 Å². The lowest BCUT2D eigenvalue weighted by Gasteiger charge is -2.50. The van der Waals surface area contributed by atoms with E-state index in [9.17, 15) is 14.4 Å².